The zero-order valence-electron chi connectivity index (χ0n) is 17.9. The second kappa shape index (κ2) is 10.8. The number of ether oxygens (including phenoxy) is 3. The molecule has 1 N–H and O–H groups in total. The van der Waals surface area contributed by atoms with Crippen LogP contribution < -0.4 is 19.6 Å². The number of methoxy groups -OCH3 is 2. The van der Waals surface area contributed by atoms with Crippen LogP contribution in [0.25, 0.3) is 0 Å². The average molecular weight is 418 g/mol. The van der Waals surface area contributed by atoms with Gasteiger partial charge in [-0.25, -0.2) is 5.43 Å². The summed E-state index contributed by atoms with van der Waals surface area (Å²) in [5.41, 5.74) is 6.36. The molecule has 0 spiro atoms. The summed E-state index contributed by atoms with van der Waals surface area (Å²) in [5, 5.41) is 4.09. The minimum absolute atomic E-state index is 0.216. The number of nitrogens with one attached hydrogen (secondary N) is 1. The van der Waals surface area contributed by atoms with Crippen LogP contribution in [-0.4, -0.2) is 26.3 Å². The Hall–Kier alpha value is -3.80. The second-order valence-corrected chi connectivity index (χ2v) is 6.97. The Balaban J connectivity index is 1.65. The van der Waals surface area contributed by atoms with Crippen molar-refractivity contribution in [1.29, 1.82) is 0 Å². The smallest absolute Gasteiger partial charge is 0.244 e. The van der Waals surface area contributed by atoms with Crippen LogP contribution in [0, 0.1) is 6.92 Å². The average Bonchev–Trinajstić information content (AvgIpc) is 2.78. The van der Waals surface area contributed by atoms with Crippen LogP contribution in [0.15, 0.2) is 71.8 Å². The summed E-state index contributed by atoms with van der Waals surface area (Å²) in [7, 11) is 3.19. The minimum atomic E-state index is -0.216. The van der Waals surface area contributed by atoms with Crippen LogP contribution in [0.1, 0.15) is 22.3 Å². The van der Waals surface area contributed by atoms with Crippen molar-refractivity contribution in [1.82, 2.24) is 5.43 Å². The lowest BCUT2D eigenvalue weighted by atomic mass is 10.1. The van der Waals surface area contributed by atoms with E-state index in [4.69, 9.17) is 14.2 Å². The molecule has 6 heteroatoms. The highest BCUT2D eigenvalue weighted by Crippen LogP contribution is 2.30. The number of para-hydroxylation sites is 1. The first-order valence-corrected chi connectivity index (χ1v) is 9.89. The van der Waals surface area contributed by atoms with Crippen molar-refractivity contribution < 1.29 is 19.0 Å². The molecule has 0 aliphatic heterocycles. The van der Waals surface area contributed by atoms with Crippen LogP contribution in [0.5, 0.6) is 17.2 Å². The number of aryl methyl sites for hydroxylation is 1. The number of hydrogen-bond acceptors (Lipinski definition) is 5. The van der Waals surface area contributed by atoms with Gasteiger partial charge in [0.2, 0.25) is 5.91 Å². The summed E-state index contributed by atoms with van der Waals surface area (Å²) in [5.74, 6) is 1.70. The van der Waals surface area contributed by atoms with E-state index in [1.807, 2.05) is 67.6 Å². The molecule has 0 saturated carbocycles. The van der Waals surface area contributed by atoms with Gasteiger partial charge >= 0.3 is 0 Å². The number of carbonyl (C=O) groups excluding carboxylic acids is 1. The van der Waals surface area contributed by atoms with Crippen LogP contribution >= 0.6 is 0 Å². The number of nitrogens with zero attached hydrogens (tertiary/aromatic N) is 1. The van der Waals surface area contributed by atoms with Crippen LogP contribution in [-0.2, 0) is 17.8 Å². The van der Waals surface area contributed by atoms with E-state index in [0.29, 0.717) is 23.7 Å². The zero-order valence-corrected chi connectivity index (χ0v) is 17.9. The van der Waals surface area contributed by atoms with E-state index >= 15 is 0 Å². The normalized spacial score (nSPS) is 10.7. The number of hydrogen-bond donors (Lipinski definition) is 1. The van der Waals surface area contributed by atoms with Gasteiger partial charge in [-0.15, -0.1) is 0 Å². The third-order valence-electron chi connectivity index (χ3n) is 4.61. The van der Waals surface area contributed by atoms with Crippen molar-refractivity contribution in [2.75, 3.05) is 14.2 Å². The molecule has 3 aromatic rings. The fourth-order valence-electron chi connectivity index (χ4n) is 3.05. The fourth-order valence-corrected chi connectivity index (χ4v) is 3.05. The van der Waals surface area contributed by atoms with E-state index in [9.17, 15) is 4.79 Å². The predicted molar refractivity (Wildman–Crippen MR) is 121 cm³/mol. The summed E-state index contributed by atoms with van der Waals surface area (Å²) in [6, 6.07) is 21.0. The van der Waals surface area contributed by atoms with Crippen molar-refractivity contribution in [2.24, 2.45) is 5.10 Å². The molecule has 6 nitrogen and oxygen atoms in total. The molecule has 0 aromatic heterocycles. The highest BCUT2D eigenvalue weighted by molar-refractivity contribution is 5.86. The first-order chi connectivity index (χ1) is 15.1. The SMILES string of the molecule is COc1ccc(CC(=O)N/N=C\c2cccc(OC)c2OCc2cccc(C)c2)cc1. The topological polar surface area (TPSA) is 69.2 Å². The van der Waals surface area contributed by atoms with Crippen molar-refractivity contribution in [2.45, 2.75) is 20.0 Å². The predicted octanol–water partition coefficient (Wildman–Crippen LogP) is 4.28. The summed E-state index contributed by atoms with van der Waals surface area (Å²) >= 11 is 0. The number of hydrazone groups is 1. The van der Waals surface area contributed by atoms with Gasteiger partial charge in [-0.2, -0.15) is 5.10 Å². The van der Waals surface area contributed by atoms with Crippen LogP contribution in [0.3, 0.4) is 0 Å². The van der Waals surface area contributed by atoms with E-state index in [1.54, 1.807) is 20.4 Å². The Bertz CT molecular complexity index is 1050. The van der Waals surface area contributed by atoms with E-state index < -0.39 is 0 Å². The third kappa shape index (κ3) is 6.34. The fraction of sp³-hybridized carbons (Fsp3) is 0.200. The Morgan fingerprint density at radius 3 is 2.45 bits per heavy atom. The largest absolute Gasteiger partial charge is 0.497 e. The Morgan fingerprint density at radius 1 is 0.968 bits per heavy atom. The Morgan fingerprint density at radius 2 is 1.74 bits per heavy atom. The quantitative estimate of drug-likeness (QED) is 0.416. The molecular formula is C25H26N2O4. The minimum Gasteiger partial charge on any atom is -0.497 e. The maximum Gasteiger partial charge on any atom is 0.244 e. The molecular weight excluding hydrogens is 392 g/mol. The summed E-state index contributed by atoms with van der Waals surface area (Å²) < 4.78 is 16.6. The molecule has 3 rings (SSSR count). The third-order valence-corrected chi connectivity index (χ3v) is 4.61. The van der Waals surface area contributed by atoms with E-state index in [0.717, 1.165) is 16.9 Å². The first kappa shape index (κ1) is 21.9. The van der Waals surface area contributed by atoms with Crippen LogP contribution in [0.4, 0.5) is 0 Å². The maximum atomic E-state index is 12.2. The van der Waals surface area contributed by atoms with Gasteiger partial charge in [-0.05, 0) is 42.3 Å². The zero-order chi connectivity index (χ0) is 22.1. The molecule has 0 unspecified atom stereocenters. The van der Waals surface area contributed by atoms with Gasteiger partial charge in [0.05, 0.1) is 26.9 Å². The molecule has 0 fully saturated rings. The Labute approximate surface area is 182 Å². The molecule has 0 radical (unpaired) electrons. The highest BCUT2D eigenvalue weighted by Gasteiger charge is 2.10. The van der Waals surface area contributed by atoms with Gasteiger partial charge in [0.25, 0.3) is 0 Å². The number of benzene rings is 3. The lowest BCUT2D eigenvalue weighted by Gasteiger charge is -2.13. The maximum absolute atomic E-state index is 12.2. The number of amides is 1. The van der Waals surface area contributed by atoms with Crippen molar-refractivity contribution >= 4 is 12.1 Å². The first-order valence-electron chi connectivity index (χ1n) is 9.89. The lowest BCUT2D eigenvalue weighted by Crippen LogP contribution is -2.19. The molecule has 3 aromatic carbocycles. The standard InChI is InChI=1S/C25H26N2O4/c1-18-6-4-7-20(14-18)17-31-25-21(8-5-9-23(25)30-3)16-26-27-24(28)15-19-10-12-22(29-2)13-11-19/h4-14,16H,15,17H2,1-3H3,(H,27,28)/b26-16-. The molecule has 0 heterocycles. The van der Waals surface area contributed by atoms with Gasteiger partial charge in [0.15, 0.2) is 11.5 Å². The van der Waals surface area contributed by atoms with Gasteiger partial charge in [-0.1, -0.05) is 48.0 Å². The molecule has 0 aliphatic rings. The van der Waals surface area contributed by atoms with Gasteiger partial charge < -0.3 is 14.2 Å². The molecule has 0 aliphatic carbocycles. The number of rotatable bonds is 9. The monoisotopic (exact) mass is 418 g/mol. The van der Waals surface area contributed by atoms with Gasteiger partial charge in [0.1, 0.15) is 12.4 Å². The van der Waals surface area contributed by atoms with E-state index in [-0.39, 0.29) is 12.3 Å². The molecule has 0 saturated heterocycles. The van der Waals surface area contributed by atoms with Crippen LogP contribution in [0.2, 0.25) is 0 Å². The van der Waals surface area contributed by atoms with Crippen molar-refractivity contribution in [3.63, 3.8) is 0 Å². The summed E-state index contributed by atoms with van der Waals surface area (Å²) in [6.45, 7) is 2.44. The second-order valence-electron chi connectivity index (χ2n) is 6.97. The van der Waals surface area contributed by atoms with Crippen molar-refractivity contribution in [3.05, 3.63) is 89.0 Å². The van der Waals surface area contributed by atoms with Gasteiger partial charge in [-0.3, -0.25) is 4.79 Å². The number of carbonyl (C=O) groups is 1. The summed E-state index contributed by atoms with van der Waals surface area (Å²) in [6.07, 6.45) is 1.77. The molecule has 160 valence electrons. The van der Waals surface area contributed by atoms with Gasteiger partial charge in [0, 0.05) is 5.56 Å². The Kier molecular flexibility index (Phi) is 7.65. The lowest BCUT2D eigenvalue weighted by molar-refractivity contribution is -0.120. The molecule has 0 bridgehead atoms. The van der Waals surface area contributed by atoms with E-state index in [1.165, 1.54) is 5.56 Å². The highest BCUT2D eigenvalue weighted by atomic mass is 16.5. The van der Waals surface area contributed by atoms with Crippen molar-refractivity contribution in [3.8, 4) is 17.2 Å². The molecule has 31 heavy (non-hydrogen) atoms. The molecule has 0 atom stereocenters. The molecule has 1 amide bonds. The summed E-state index contributed by atoms with van der Waals surface area (Å²) in [4.78, 5) is 12.2. The van der Waals surface area contributed by atoms with E-state index in [2.05, 4.69) is 16.6 Å².